The number of hydrogen-bond donors (Lipinski definition) is 2. The molecule has 1 atom stereocenters. The van der Waals surface area contributed by atoms with Crippen molar-refractivity contribution in [1.29, 1.82) is 0 Å². The largest absolute Gasteiger partial charge is 0.504 e. The van der Waals surface area contributed by atoms with Gasteiger partial charge >= 0.3 is 5.69 Å². The number of rotatable bonds is 1. The van der Waals surface area contributed by atoms with E-state index in [9.17, 15) is 25.1 Å². The fraction of sp³-hybridized carbons (Fsp3) is 0.222. The van der Waals surface area contributed by atoms with Gasteiger partial charge in [0, 0.05) is 5.56 Å². The first kappa shape index (κ1) is 10.7. The summed E-state index contributed by atoms with van der Waals surface area (Å²) in [7, 11) is 0. The molecule has 0 saturated carbocycles. The zero-order valence-electron chi connectivity index (χ0n) is 8.13. The lowest BCUT2D eigenvalue weighted by Gasteiger charge is -2.03. The molecule has 0 radical (unpaired) electrons. The minimum atomic E-state index is -0.799. The van der Waals surface area contributed by atoms with Gasteiger partial charge in [0.2, 0.25) is 5.75 Å². The van der Waals surface area contributed by atoms with Crippen molar-refractivity contribution in [2.45, 2.75) is 17.1 Å². The molecule has 16 heavy (non-hydrogen) atoms. The molecule has 0 aliphatic carbocycles. The van der Waals surface area contributed by atoms with Gasteiger partial charge in [-0.15, -0.1) is 11.8 Å². The highest BCUT2D eigenvalue weighted by molar-refractivity contribution is 8.01. The third-order valence-corrected chi connectivity index (χ3v) is 3.54. The van der Waals surface area contributed by atoms with Crippen LogP contribution in [0.3, 0.4) is 0 Å². The lowest BCUT2D eigenvalue weighted by atomic mass is 10.1. The van der Waals surface area contributed by atoms with E-state index in [-0.39, 0.29) is 16.2 Å². The number of nitro groups is 1. The van der Waals surface area contributed by atoms with Crippen LogP contribution in [0.5, 0.6) is 11.5 Å². The molecule has 6 nitrogen and oxygen atoms in total. The predicted octanol–water partition coefficient (Wildman–Crippen LogP) is 1.68. The fourth-order valence-electron chi connectivity index (χ4n) is 1.55. The predicted molar refractivity (Wildman–Crippen MR) is 56.1 cm³/mol. The van der Waals surface area contributed by atoms with E-state index in [2.05, 4.69) is 0 Å². The Labute approximate surface area is 94.0 Å². The topological polar surface area (TPSA) is 101 Å². The molecule has 84 valence electrons. The number of aromatic hydroxyl groups is 2. The summed E-state index contributed by atoms with van der Waals surface area (Å²) in [5.74, 6) is -1.72. The maximum atomic E-state index is 11.6. The van der Waals surface area contributed by atoms with Gasteiger partial charge in [0.1, 0.15) is 4.90 Å². The molecule has 1 unspecified atom stereocenters. The van der Waals surface area contributed by atoms with Crippen molar-refractivity contribution in [3.63, 3.8) is 0 Å². The molecule has 0 aromatic heterocycles. The molecule has 0 amide bonds. The maximum Gasteiger partial charge on any atom is 0.328 e. The molecule has 0 bridgehead atoms. The van der Waals surface area contributed by atoms with E-state index >= 15 is 0 Å². The van der Waals surface area contributed by atoms with E-state index in [0.29, 0.717) is 0 Å². The number of nitro benzene ring substituents is 1. The molecule has 0 fully saturated rings. The Hall–Kier alpha value is -1.76. The van der Waals surface area contributed by atoms with Gasteiger partial charge in [-0.25, -0.2) is 0 Å². The van der Waals surface area contributed by atoms with Crippen LogP contribution in [0.2, 0.25) is 0 Å². The second-order valence-electron chi connectivity index (χ2n) is 3.35. The molecular formula is C9H7NO5S. The van der Waals surface area contributed by atoms with E-state index < -0.39 is 27.4 Å². The van der Waals surface area contributed by atoms with Gasteiger partial charge in [-0.1, -0.05) is 0 Å². The third-order valence-electron chi connectivity index (χ3n) is 2.32. The molecule has 1 aliphatic heterocycles. The number of nitrogens with zero attached hydrogens (tertiary/aromatic N) is 1. The molecule has 0 spiro atoms. The maximum absolute atomic E-state index is 11.6. The first-order chi connectivity index (χ1) is 7.43. The number of ketones is 1. The number of fused-ring (bicyclic) bond motifs is 1. The van der Waals surface area contributed by atoms with Crippen LogP contribution < -0.4 is 0 Å². The van der Waals surface area contributed by atoms with E-state index in [4.69, 9.17) is 0 Å². The van der Waals surface area contributed by atoms with Crippen molar-refractivity contribution in [3.05, 3.63) is 21.7 Å². The number of benzene rings is 1. The lowest BCUT2D eigenvalue weighted by Crippen LogP contribution is -2.05. The second-order valence-corrected chi connectivity index (χ2v) is 4.70. The zero-order valence-corrected chi connectivity index (χ0v) is 8.95. The summed E-state index contributed by atoms with van der Waals surface area (Å²) in [6.45, 7) is 1.62. The minimum absolute atomic E-state index is 0.0968. The molecule has 2 N–H and O–H groups in total. The van der Waals surface area contributed by atoms with Crippen LogP contribution in [0.4, 0.5) is 5.69 Å². The summed E-state index contributed by atoms with van der Waals surface area (Å²) in [6, 6.07) is 1.07. The van der Waals surface area contributed by atoms with Gasteiger partial charge < -0.3 is 10.2 Å². The number of Topliss-reactive ketones (excluding diaryl/α,β-unsaturated/α-hetero) is 1. The van der Waals surface area contributed by atoms with E-state index in [1.54, 1.807) is 6.92 Å². The quantitative estimate of drug-likeness (QED) is 0.440. The Balaban J connectivity index is 2.77. The average molecular weight is 241 g/mol. The molecule has 0 saturated heterocycles. The molecule has 7 heteroatoms. The highest BCUT2D eigenvalue weighted by Crippen LogP contribution is 2.50. The standard InChI is InChI=1S/C9H7NO5S/c1-3-7(12)4-2-5(11)8(13)6(10(14)15)9(4)16-3/h2-3,11,13H,1H3. The highest BCUT2D eigenvalue weighted by atomic mass is 32.2. The number of phenolic OH excluding ortho intramolecular Hbond substituents is 2. The van der Waals surface area contributed by atoms with Gasteiger partial charge in [0.25, 0.3) is 0 Å². The molecule has 1 aliphatic rings. The molecule has 2 rings (SSSR count). The molecular weight excluding hydrogens is 234 g/mol. The van der Waals surface area contributed by atoms with E-state index in [1.807, 2.05) is 0 Å². The van der Waals surface area contributed by atoms with Crippen molar-refractivity contribution >= 4 is 23.2 Å². The van der Waals surface area contributed by atoms with Crippen molar-refractivity contribution in [2.24, 2.45) is 0 Å². The van der Waals surface area contributed by atoms with E-state index in [1.165, 1.54) is 0 Å². The Kier molecular flexibility index (Phi) is 2.27. The molecule has 1 aromatic rings. The first-order valence-corrected chi connectivity index (χ1v) is 5.25. The van der Waals surface area contributed by atoms with Crippen LogP contribution in [0.25, 0.3) is 0 Å². The second kappa shape index (κ2) is 3.38. The normalized spacial score (nSPS) is 18.6. The van der Waals surface area contributed by atoms with E-state index in [0.717, 1.165) is 17.8 Å². The van der Waals surface area contributed by atoms with Crippen LogP contribution in [0, 0.1) is 10.1 Å². The van der Waals surface area contributed by atoms with Gasteiger partial charge in [-0.3, -0.25) is 14.9 Å². The number of thioether (sulfide) groups is 1. The summed E-state index contributed by atoms with van der Waals surface area (Å²) in [4.78, 5) is 21.7. The van der Waals surface area contributed by atoms with Crippen LogP contribution in [-0.2, 0) is 0 Å². The van der Waals surface area contributed by atoms with Crippen LogP contribution in [-0.4, -0.2) is 26.2 Å². The smallest absolute Gasteiger partial charge is 0.328 e. The number of carbonyl (C=O) groups is 1. The van der Waals surface area contributed by atoms with Crippen molar-refractivity contribution in [3.8, 4) is 11.5 Å². The summed E-state index contributed by atoms with van der Waals surface area (Å²) < 4.78 is 0. The number of carbonyl (C=O) groups excluding carboxylic acids is 1. The van der Waals surface area contributed by atoms with Crippen molar-refractivity contribution in [1.82, 2.24) is 0 Å². The molecule has 1 heterocycles. The van der Waals surface area contributed by atoms with Crippen LogP contribution >= 0.6 is 11.8 Å². The highest BCUT2D eigenvalue weighted by Gasteiger charge is 2.37. The number of phenols is 2. The SMILES string of the molecule is CC1Sc2c(cc(O)c(O)c2[N+](=O)[O-])C1=O. The number of hydrogen-bond acceptors (Lipinski definition) is 6. The zero-order chi connectivity index (χ0) is 12.0. The third kappa shape index (κ3) is 1.32. The average Bonchev–Trinajstić information content (AvgIpc) is 2.45. The Morgan fingerprint density at radius 3 is 2.69 bits per heavy atom. The van der Waals surface area contributed by atoms with Crippen molar-refractivity contribution in [2.75, 3.05) is 0 Å². The van der Waals surface area contributed by atoms with Crippen molar-refractivity contribution < 1.29 is 19.9 Å². The fourth-order valence-corrected chi connectivity index (χ4v) is 2.70. The Morgan fingerprint density at radius 1 is 1.50 bits per heavy atom. The lowest BCUT2D eigenvalue weighted by molar-refractivity contribution is -0.388. The van der Waals surface area contributed by atoms with Gasteiger partial charge in [-0.2, -0.15) is 0 Å². The Morgan fingerprint density at radius 2 is 2.12 bits per heavy atom. The van der Waals surface area contributed by atoms with Gasteiger partial charge in [-0.05, 0) is 13.0 Å². The minimum Gasteiger partial charge on any atom is -0.504 e. The summed E-state index contributed by atoms with van der Waals surface area (Å²) in [6.07, 6.45) is 0. The summed E-state index contributed by atoms with van der Waals surface area (Å²) in [5, 5.41) is 29.0. The van der Waals surface area contributed by atoms with Crippen LogP contribution in [0.1, 0.15) is 17.3 Å². The summed E-state index contributed by atoms with van der Waals surface area (Å²) >= 11 is 1.01. The monoisotopic (exact) mass is 241 g/mol. The van der Waals surface area contributed by atoms with Gasteiger partial charge in [0.05, 0.1) is 10.2 Å². The first-order valence-electron chi connectivity index (χ1n) is 4.37. The Bertz CT molecular complexity index is 513. The van der Waals surface area contributed by atoms with Crippen LogP contribution in [0.15, 0.2) is 11.0 Å². The summed E-state index contributed by atoms with van der Waals surface area (Å²) in [5.41, 5.74) is -0.503. The van der Waals surface area contributed by atoms with Gasteiger partial charge in [0.15, 0.2) is 11.5 Å². The molecule has 1 aromatic carbocycles.